The highest BCUT2D eigenvalue weighted by atomic mass is 35.5. The molecule has 1 atom stereocenters. The molecule has 158 valence electrons. The van der Waals surface area contributed by atoms with Gasteiger partial charge in [0.15, 0.2) is 6.61 Å². The average Bonchev–Trinajstić information content (AvgIpc) is 3.24. The van der Waals surface area contributed by atoms with Crippen molar-refractivity contribution in [3.8, 4) is 11.5 Å². The van der Waals surface area contributed by atoms with Crippen molar-refractivity contribution in [2.75, 3.05) is 13.7 Å². The first kappa shape index (κ1) is 22.2. The lowest BCUT2D eigenvalue weighted by Crippen LogP contribution is -2.41. The van der Waals surface area contributed by atoms with Crippen LogP contribution in [0.2, 0.25) is 5.02 Å². The maximum Gasteiger partial charge on any atom is 0.261 e. The van der Waals surface area contributed by atoms with Crippen LogP contribution in [0.15, 0.2) is 60.0 Å². The Bertz CT molecular complexity index is 957. The van der Waals surface area contributed by atoms with Gasteiger partial charge in [-0.25, -0.2) is 0 Å². The number of amides is 1. The smallest absolute Gasteiger partial charge is 0.261 e. The molecule has 0 aliphatic rings. The maximum absolute atomic E-state index is 13.1. The summed E-state index contributed by atoms with van der Waals surface area (Å²) in [6, 6.07) is 17.4. The van der Waals surface area contributed by atoms with Crippen LogP contribution < -0.4 is 9.47 Å². The van der Waals surface area contributed by atoms with Gasteiger partial charge >= 0.3 is 0 Å². The molecule has 0 aliphatic carbocycles. The van der Waals surface area contributed by atoms with E-state index >= 15 is 0 Å². The molecule has 4 nitrogen and oxygen atoms in total. The molecule has 3 rings (SSSR count). The Morgan fingerprint density at radius 1 is 1.17 bits per heavy atom. The Morgan fingerprint density at radius 3 is 2.57 bits per heavy atom. The molecule has 0 aliphatic heterocycles. The van der Waals surface area contributed by atoms with E-state index in [2.05, 4.69) is 18.4 Å². The molecule has 0 spiro atoms. The summed E-state index contributed by atoms with van der Waals surface area (Å²) in [5, 5.41) is 2.71. The van der Waals surface area contributed by atoms with Crippen LogP contribution in [0.4, 0.5) is 0 Å². The molecule has 1 heterocycles. The van der Waals surface area contributed by atoms with Gasteiger partial charge in [0.05, 0.1) is 7.11 Å². The average molecular weight is 444 g/mol. The summed E-state index contributed by atoms with van der Waals surface area (Å²) in [6.07, 6.45) is 0.805. The molecule has 0 saturated carbocycles. The highest BCUT2D eigenvalue weighted by molar-refractivity contribution is 7.09. The fourth-order valence-corrected chi connectivity index (χ4v) is 4.30. The highest BCUT2D eigenvalue weighted by Crippen LogP contribution is 2.23. The zero-order chi connectivity index (χ0) is 21.5. The van der Waals surface area contributed by atoms with Crippen molar-refractivity contribution in [2.45, 2.75) is 32.9 Å². The highest BCUT2D eigenvalue weighted by Gasteiger charge is 2.22. The number of methoxy groups -OCH3 is 1. The second kappa shape index (κ2) is 10.5. The van der Waals surface area contributed by atoms with E-state index in [0.717, 1.165) is 23.3 Å². The fourth-order valence-electron chi connectivity index (χ4n) is 3.24. The first-order valence-corrected chi connectivity index (χ1v) is 11.1. The molecular formula is C24H26ClNO3S. The number of hydrogen-bond acceptors (Lipinski definition) is 4. The molecule has 2 aromatic carbocycles. The van der Waals surface area contributed by atoms with Crippen LogP contribution in [-0.2, 0) is 17.8 Å². The number of ether oxygens (including phenoxy) is 2. The zero-order valence-electron chi connectivity index (χ0n) is 17.4. The molecule has 30 heavy (non-hydrogen) atoms. The van der Waals surface area contributed by atoms with Crippen molar-refractivity contribution >= 4 is 28.8 Å². The molecule has 3 aromatic rings. The summed E-state index contributed by atoms with van der Waals surface area (Å²) < 4.78 is 11.1. The molecule has 0 radical (unpaired) electrons. The van der Waals surface area contributed by atoms with Crippen LogP contribution in [0.25, 0.3) is 0 Å². The van der Waals surface area contributed by atoms with Crippen LogP contribution >= 0.6 is 22.9 Å². The largest absolute Gasteiger partial charge is 0.497 e. The monoisotopic (exact) mass is 443 g/mol. The predicted molar refractivity (Wildman–Crippen MR) is 123 cm³/mol. The SMILES string of the molecule is COc1ccc(CN(C(=O)COc2ccc(Cl)cc2C)[C@@H](C)Cc2cccs2)cc1. The molecule has 6 heteroatoms. The third kappa shape index (κ3) is 6.00. The van der Waals surface area contributed by atoms with E-state index in [1.165, 1.54) is 4.88 Å². The third-order valence-electron chi connectivity index (χ3n) is 4.93. The Kier molecular flexibility index (Phi) is 7.77. The van der Waals surface area contributed by atoms with E-state index < -0.39 is 0 Å². The van der Waals surface area contributed by atoms with Gasteiger partial charge < -0.3 is 14.4 Å². The van der Waals surface area contributed by atoms with Crippen molar-refractivity contribution in [2.24, 2.45) is 0 Å². The maximum atomic E-state index is 13.1. The minimum atomic E-state index is -0.0516. The summed E-state index contributed by atoms with van der Waals surface area (Å²) in [5.41, 5.74) is 1.95. The van der Waals surface area contributed by atoms with Crippen molar-refractivity contribution in [3.63, 3.8) is 0 Å². The topological polar surface area (TPSA) is 38.8 Å². The molecule has 0 bridgehead atoms. The minimum Gasteiger partial charge on any atom is -0.497 e. The molecule has 1 amide bonds. The number of hydrogen-bond donors (Lipinski definition) is 0. The summed E-state index contributed by atoms with van der Waals surface area (Å²) in [4.78, 5) is 16.3. The van der Waals surface area contributed by atoms with E-state index in [1.807, 2.05) is 48.2 Å². The molecule has 0 saturated heterocycles. The van der Waals surface area contributed by atoms with E-state index in [-0.39, 0.29) is 18.6 Å². The molecular weight excluding hydrogens is 418 g/mol. The van der Waals surface area contributed by atoms with Crippen molar-refractivity contribution in [1.29, 1.82) is 0 Å². The number of thiophene rings is 1. The van der Waals surface area contributed by atoms with Gasteiger partial charge in [0.2, 0.25) is 0 Å². The van der Waals surface area contributed by atoms with Gasteiger partial charge in [0, 0.05) is 28.9 Å². The summed E-state index contributed by atoms with van der Waals surface area (Å²) in [5.74, 6) is 1.41. The van der Waals surface area contributed by atoms with E-state index in [9.17, 15) is 4.79 Å². The predicted octanol–water partition coefficient (Wildman–Crippen LogP) is 5.76. The molecule has 0 fully saturated rings. The van der Waals surface area contributed by atoms with Crippen molar-refractivity contribution < 1.29 is 14.3 Å². The summed E-state index contributed by atoms with van der Waals surface area (Å²) in [7, 11) is 1.64. The van der Waals surface area contributed by atoms with Crippen LogP contribution in [0.5, 0.6) is 11.5 Å². The van der Waals surface area contributed by atoms with Gasteiger partial charge in [0.25, 0.3) is 5.91 Å². The van der Waals surface area contributed by atoms with E-state index in [4.69, 9.17) is 21.1 Å². The Morgan fingerprint density at radius 2 is 1.93 bits per heavy atom. The molecule has 1 aromatic heterocycles. The zero-order valence-corrected chi connectivity index (χ0v) is 19.0. The number of halogens is 1. The van der Waals surface area contributed by atoms with Gasteiger partial charge in [-0.3, -0.25) is 4.79 Å². The van der Waals surface area contributed by atoms with E-state index in [1.54, 1.807) is 30.6 Å². The number of aryl methyl sites for hydroxylation is 1. The van der Waals surface area contributed by atoms with Crippen molar-refractivity contribution in [3.05, 3.63) is 81.0 Å². The number of rotatable bonds is 9. The number of benzene rings is 2. The second-order valence-corrected chi connectivity index (χ2v) is 8.67. The van der Waals surface area contributed by atoms with Crippen LogP contribution in [0, 0.1) is 6.92 Å². The second-order valence-electron chi connectivity index (χ2n) is 7.20. The van der Waals surface area contributed by atoms with Gasteiger partial charge in [0.1, 0.15) is 11.5 Å². The van der Waals surface area contributed by atoms with E-state index in [0.29, 0.717) is 17.3 Å². The van der Waals surface area contributed by atoms with Gasteiger partial charge in [-0.1, -0.05) is 29.8 Å². The summed E-state index contributed by atoms with van der Waals surface area (Å²) in [6.45, 7) is 4.49. The fraction of sp³-hybridized carbons (Fsp3) is 0.292. The van der Waals surface area contributed by atoms with Gasteiger partial charge in [-0.2, -0.15) is 0 Å². The quantitative estimate of drug-likeness (QED) is 0.422. The van der Waals surface area contributed by atoms with Crippen LogP contribution in [0.3, 0.4) is 0 Å². The van der Waals surface area contributed by atoms with Gasteiger partial charge in [-0.05, 0) is 66.8 Å². The lowest BCUT2D eigenvalue weighted by molar-refractivity contribution is -0.136. The Hall–Kier alpha value is -2.50. The molecule has 0 N–H and O–H groups in total. The minimum absolute atomic E-state index is 0.0204. The van der Waals surface area contributed by atoms with Crippen LogP contribution in [-0.4, -0.2) is 30.6 Å². The standard InChI is InChI=1S/C24H26ClNO3S/c1-17-13-20(25)8-11-23(17)29-16-24(27)26(18(2)14-22-5-4-12-30-22)15-19-6-9-21(28-3)10-7-19/h4-13,18H,14-16H2,1-3H3/t18-/m0/s1. The third-order valence-corrected chi connectivity index (χ3v) is 6.06. The summed E-state index contributed by atoms with van der Waals surface area (Å²) >= 11 is 7.72. The normalized spacial score (nSPS) is 11.7. The Labute approximate surface area is 187 Å². The number of carbonyl (C=O) groups excluding carboxylic acids is 1. The first-order chi connectivity index (χ1) is 14.5. The Balaban J connectivity index is 1.73. The van der Waals surface area contributed by atoms with Crippen molar-refractivity contribution in [1.82, 2.24) is 4.90 Å². The number of carbonyl (C=O) groups is 1. The lowest BCUT2D eigenvalue weighted by Gasteiger charge is -2.29. The van der Waals surface area contributed by atoms with Crippen LogP contribution in [0.1, 0.15) is 22.9 Å². The first-order valence-electron chi connectivity index (χ1n) is 9.80. The molecule has 0 unspecified atom stereocenters. The lowest BCUT2D eigenvalue weighted by atomic mass is 10.1. The number of nitrogens with zero attached hydrogens (tertiary/aromatic N) is 1. The van der Waals surface area contributed by atoms with Gasteiger partial charge in [-0.15, -0.1) is 11.3 Å².